The first-order chi connectivity index (χ1) is 15.6. The van der Waals surface area contributed by atoms with Crippen molar-refractivity contribution in [2.75, 3.05) is 0 Å². The van der Waals surface area contributed by atoms with Crippen molar-refractivity contribution in [1.29, 1.82) is 0 Å². The van der Waals surface area contributed by atoms with Gasteiger partial charge < -0.3 is 15.6 Å². The van der Waals surface area contributed by atoms with Gasteiger partial charge in [0.15, 0.2) is 0 Å². The number of ether oxygens (including phenoxy) is 1. The molecule has 1 heterocycles. The average molecular weight is 447 g/mol. The summed E-state index contributed by atoms with van der Waals surface area (Å²) >= 11 is 0. The van der Waals surface area contributed by atoms with Crippen molar-refractivity contribution in [2.45, 2.75) is 61.1 Å². The predicted molar refractivity (Wildman–Crippen MR) is 133 cm³/mol. The van der Waals surface area contributed by atoms with E-state index in [-0.39, 0.29) is 12.2 Å². The lowest BCUT2D eigenvalue weighted by atomic mass is 9.90. The van der Waals surface area contributed by atoms with Crippen LogP contribution in [-0.2, 0) is 19.6 Å². The molecular formula is C28H34N2O3. The maximum atomic E-state index is 11.6. The molecule has 3 N–H and O–H groups in total. The number of benzene rings is 2. The molecule has 0 aliphatic heterocycles. The van der Waals surface area contributed by atoms with E-state index in [9.17, 15) is 9.90 Å². The number of hydrogen-bond donors (Lipinski definition) is 2. The molecule has 0 saturated heterocycles. The average Bonchev–Trinajstić information content (AvgIpc) is 2.74. The Morgan fingerprint density at radius 1 is 1.03 bits per heavy atom. The lowest BCUT2D eigenvalue weighted by Gasteiger charge is -2.22. The number of aromatic carboxylic acids is 1. The highest BCUT2D eigenvalue weighted by Gasteiger charge is 2.21. The van der Waals surface area contributed by atoms with Crippen molar-refractivity contribution in [3.63, 3.8) is 0 Å². The Labute approximate surface area is 196 Å². The third-order valence-corrected chi connectivity index (χ3v) is 6.03. The van der Waals surface area contributed by atoms with Crippen LogP contribution in [0.5, 0.6) is 5.75 Å². The molecule has 0 unspecified atom stereocenters. The number of nitrogens with zero attached hydrogens (tertiary/aromatic N) is 1. The van der Waals surface area contributed by atoms with Gasteiger partial charge in [-0.25, -0.2) is 4.79 Å². The molecule has 0 saturated carbocycles. The standard InChI is InChI=1S/C28H34N2O3/c1-16(2)13-25-23(14-29)26(21-10-7-17(3)8-11-21)24(20(6)30-25)15-33-27-18(4)9-12-22(19(27)5)28(31)32/h7-12,16H,13-15,29H2,1-6H3,(H,31,32). The minimum absolute atomic E-state index is 0.249. The monoisotopic (exact) mass is 446 g/mol. The smallest absolute Gasteiger partial charge is 0.336 e. The lowest BCUT2D eigenvalue weighted by Crippen LogP contribution is -2.14. The summed E-state index contributed by atoms with van der Waals surface area (Å²) in [5.41, 5.74) is 15.4. The second-order valence-corrected chi connectivity index (χ2v) is 9.12. The van der Waals surface area contributed by atoms with Crippen LogP contribution in [-0.4, -0.2) is 16.1 Å². The number of pyridine rings is 1. The lowest BCUT2D eigenvalue weighted by molar-refractivity contribution is 0.0695. The second kappa shape index (κ2) is 10.2. The first-order valence-corrected chi connectivity index (χ1v) is 11.4. The van der Waals surface area contributed by atoms with Crippen molar-refractivity contribution < 1.29 is 14.6 Å². The Hall–Kier alpha value is -3.18. The number of carboxylic acids is 1. The fraction of sp³-hybridized carbons (Fsp3) is 0.357. The molecule has 0 amide bonds. The molecule has 0 fully saturated rings. The zero-order chi connectivity index (χ0) is 24.3. The largest absolute Gasteiger partial charge is 0.488 e. The summed E-state index contributed by atoms with van der Waals surface area (Å²) in [6.07, 6.45) is 0.853. The van der Waals surface area contributed by atoms with E-state index < -0.39 is 5.97 Å². The van der Waals surface area contributed by atoms with Crippen LogP contribution in [0.3, 0.4) is 0 Å². The molecule has 0 spiro atoms. The number of aromatic nitrogens is 1. The summed E-state index contributed by atoms with van der Waals surface area (Å²) < 4.78 is 6.29. The summed E-state index contributed by atoms with van der Waals surface area (Å²) in [5.74, 6) is 0.0999. The molecule has 0 atom stereocenters. The fourth-order valence-corrected chi connectivity index (χ4v) is 4.29. The number of carbonyl (C=O) groups is 1. The van der Waals surface area contributed by atoms with Crippen LogP contribution in [0.2, 0.25) is 0 Å². The van der Waals surface area contributed by atoms with Crippen LogP contribution in [0.4, 0.5) is 0 Å². The summed E-state index contributed by atoms with van der Waals surface area (Å²) in [7, 11) is 0. The van der Waals surface area contributed by atoms with E-state index in [4.69, 9.17) is 15.5 Å². The molecule has 0 radical (unpaired) electrons. The van der Waals surface area contributed by atoms with Crippen molar-refractivity contribution in [1.82, 2.24) is 4.98 Å². The molecule has 0 bridgehead atoms. The van der Waals surface area contributed by atoms with Crippen LogP contribution in [0.1, 0.15) is 63.4 Å². The number of carboxylic acid groups (broad SMARTS) is 1. The minimum atomic E-state index is -0.959. The maximum absolute atomic E-state index is 11.6. The van der Waals surface area contributed by atoms with Gasteiger partial charge in [0.1, 0.15) is 12.4 Å². The Morgan fingerprint density at radius 3 is 2.27 bits per heavy atom. The van der Waals surface area contributed by atoms with E-state index >= 15 is 0 Å². The van der Waals surface area contributed by atoms with Crippen LogP contribution < -0.4 is 10.5 Å². The van der Waals surface area contributed by atoms with E-state index in [1.807, 2.05) is 13.8 Å². The van der Waals surface area contributed by atoms with Gasteiger partial charge in [0.05, 0.1) is 5.56 Å². The topological polar surface area (TPSA) is 85.4 Å². The molecule has 0 aliphatic carbocycles. The van der Waals surface area contributed by atoms with E-state index in [0.717, 1.165) is 45.6 Å². The second-order valence-electron chi connectivity index (χ2n) is 9.12. The van der Waals surface area contributed by atoms with Gasteiger partial charge in [-0.2, -0.15) is 0 Å². The van der Waals surface area contributed by atoms with Crippen LogP contribution in [0, 0.1) is 33.6 Å². The third-order valence-electron chi connectivity index (χ3n) is 6.03. The van der Waals surface area contributed by atoms with Crippen molar-refractivity contribution >= 4 is 5.97 Å². The molecule has 0 aliphatic rings. The van der Waals surface area contributed by atoms with E-state index in [1.54, 1.807) is 19.1 Å². The molecule has 2 aromatic carbocycles. The summed E-state index contributed by atoms with van der Waals surface area (Å²) in [4.78, 5) is 16.5. The number of rotatable bonds is 8. The van der Waals surface area contributed by atoms with Gasteiger partial charge in [0, 0.05) is 29.1 Å². The first-order valence-electron chi connectivity index (χ1n) is 11.4. The molecular weight excluding hydrogens is 412 g/mol. The number of aryl methyl sites for hydroxylation is 3. The van der Waals surface area contributed by atoms with Crippen LogP contribution in [0.15, 0.2) is 36.4 Å². The zero-order valence-electron chi connectivity index (χ0n) is 20.5. The predicted octanol–water partition coefficient (Wildman–Crippen LogP) is 5.92. The normalized spacial score (nSPS) is 11.2. The molecule has 3 aromatic rings. The quantitative estimate of drug-likeness (QED) is 0.449. The summed E-state index contributed by atoms with van der Waals surface area (Å²) in [6, 6.07) is 11.8. The molecule has 5 nitrogen and oxygen atoms in total. The molecule has 174 valence electrons. The first kappa shape index (κ1) is 24.5. The van der Waals surface area contributed by atoms with Gasteiger partial charge in [0.25, 0.3) is 0 Å². The van der Waals surface area contributed by atoms with E-state index in [2.05, 4.69) is 45.0 Å². The van der Waals surface area contributed by atoms with Crippen molar-refractivity contribution in [3.8, 4) is 16.9 Å². The van der Waals surface area contributed by atoms with Crippen molar-refractivity contribution in [3.05, 3.63) is 81.2 Å². The van der Waals surface area contributed by atoms with Crippen LogP contribution in [0.25, 0.3) is 11.1 Å². The third kappa shape index (κ3) is 5.25. The Kier molecular flexibility index (Phi) is 7.54. The highest BCUT2D eigenvalue weighted by atomic mass is 16.5. The molecule has 3 rings (SSSR count). The fourth-order valence-electron chi connectivity index (χ4n) is 4.29. The summed E-state index contributed by atoms with van der Waals surface area (Å²) in [6.45, 7) is 12.8. The van der Waals surface area contributed by atoms with Gasteiger partial charge in [0.2, 0.25) is 0 Å². The number of nitrogens with two attached hydrogens (primary N) is 1. The summed E-state index contributed by atoms with van der Waals surface area (Å²) in [5, 5.41) is 9.52. The Balaban J connectivity index is 2.15. The molecule has 33 heavy (non-hydrogen) atoms. The van der Waals surface area contributed by atoms with Crippen molar-refractivity contribution in [2.24, 2.45) is 11.7 Å². The maximum Gasteiger partial charge on any atom is 0.336 e. The van der Waals surface area contributed by atoms with Crippen LogP contribution >= 0.6 is 0 Å². The van der Waals surface area contributed by atoms with Gasteiger partial charge >= 0.3 is 5.97 Å². The highest BCUT2D eigenvalue weighted by Crippen LogP contribution is 2.34. The Morgan fingerprint density at radius 2 is 1.70 bits per heavy atom. The van der Waals surface area contributed by atoms with Gasteiger partial charge in [-0.1, -0.05) is 49.7 Å². The van der Waals surface area contributed by atoms with Gasteiger partial charge in [-0.05, 0) is 68.4 Å². The zero-order valence-corrected chi connectivity index (χ0v) is 20.5. The SMILES string of the molecule is Cc1ccc(-c2c(COc3c(C)ccc(C(=O)O)c3C)c(C)nc(CC(C)C)c2CN)cc1. The van der Waals surface area contributed by atoms with Gasteiger partial charge in [-0.15, -0.1) is 0 Å². The van der Waals surface area contributed by atoms with Gasteiger partial charge in [-0.3, -0.25) is 4.98 Å². The van der Waals surface area contributed by atoms with E-state index in [0.29, 0.717) is 23.8 Å². The number of hydrogen-bond acceptors (Lipinski definition) is 4. The molecule has 5 heteroatoms. The highest BCUT2D eigenvalue weighted by molar-refractivity contribution is 5.90. The Bertz CT molecular complexity index is 1160. The minimum Gasteiger partial charge on any atom is -0.488 e. The molecule has 1 aromatic heterocycles. The van der Waals surface area contributed by atoms with E-state index in [1.165, 1.54) is 5.56 Å².